The van der Waals surface area contributed by atoms with Gasteiger partial charge in [0.25, 0.3) is 0 Å². The summed E-state index contributed by atoms with van der Waals surface area (Å²) in [5.41, 5.74) is 2.55. The van der Waals surface area contributed by atoms with E-state index < -0.39 is 17.7 Å². The number of benzene rings is 2. The predicted octanol–water partition coefficient (Wildman–Crippen LogP) is 6.04. The van der Waals surface area contributed by atoms with Crippen LogP contribution in [0.25, 0.3) is 0 Å². The van der Waals surface area contributed by atoms with Crippen LogP contribution in [-0.2, 0) is 9.63 Å². The van der Waals surface area contributed by atoms with Crippen LogP contribution in [0.5, 0.6) is 5.75 Å². The molecule has 1 amide bonds. The van der Waals surface area contributed by atoms with Gasteiger partial charge in [0.2, 0.25) is 5.91 Å². The van der Waals surface area contributed by atoms with Gasteiger partial charge in [-0.15, -0.1) is 0 Å². The highest BCUT2D eigenvalue weighted by atomic mass is 19.1. The van der Waals surface area contributed by atoms with Gasteiger partial charge >= 0.3 is 0 Å². The van der Waals surface area contributed by atoms with Crippen molar-refractivity contribution in [2.45, 2.75) is 63.1 Å². The second kappa shape index (κ2) is 15.3. The molecule has 3 saturated heterocycles. The van der Waals surface area contributed by atoms with Crippen LogP contribution in [0.2, 0.25) is 0 Å². The van der Waals surface area contributed by atoms with Crippen molar-refractivity contribution in [2.24, 2.45) is 0 Å². The highest BCUT2D eigenvalue weighted by molar-refractivity contribution is 6.02. The first-order chi connectivity index (χ1) is 24.4. The van der Waals surface area contributed by atoms with Crippen molar-refractivity contribution in [1.29, 1.82) is 0 Å². The maximum Gasteiger partial charge on any atom is 0.247 e. The first kappa shape index (κ1) is 34.1. The quantitative estimate of drug-likeness (QED) is 0.245. The van der Waals surface area contributed by atoms with Crippen molar-refractivity contribution >= 4 is 34.6 Å². The van der Waals surface area contributed by atoms with Crippen LogP contribution in [0.4, 0.5) is 37.5 Å². The summed E-state index contributed by atoms with van der Waals surface area (Å²) < 4.78 is 33.9. The lowest BCUT2D eigenvalue weighted by atomic mass is 10.0. The Morgan fingerprint density at radius 3 is 2.22 bits per heavy atom. The second-order valence-electron chi connectivity index (χ2n) is 13.5. The Bertz CT molecular complexity index is 1650. The molecule has 7 rings (SSSR count). The molecule has 1 atom stereocenters. The molecule has 2 N–H and O–H groups in total. The number of carbonyl (C=O) groups excluding carboxylic acids is 1. The van der Waals surface area contributed by atoms with Gasteiger partial charge in [-0.25, -0.2) is 23.8 Å². The van der Waals surface area contributed by atoms with Crippen LogP contribution in [0.15, 0.2) is 55.4 Å². The van der Waals surface area contributed by atoms with Crippen LogP contribution >= 0.6 is 0 Å². The lowest BCUT2D eigenvalue weighted by Crippen LogP contribution is -2.54. The zero-order valence-electron chi connectivity index (χ0n) is 28.6. The Morgan fingerprint density at radius 2 is 1.56 bits per heavy atom. The second-order valence-corrected chi connectivity index (χ2v) is 13.5. The number of nitrogens with one attached hydrogen (secondary N) is 2. The Balaban J connectivity index is 1.06. The molecule has 1 aliphatic carbocycles. The summed E-state index contributed by atoms with van der Waals surface area (Å²) in [6.45, 7) is 10.3. The van der Waals surface area contributed by atoms with Gasteiger partial charge in [-0.3, -0.25) is 19.4 Å². The number of nitrogens with zero attached hydrogens (tertiary/aromatic N) is 6. The summed E-state index contributed by atoms with van der Waals surface area (Å²) in [4.78, 5) is 34.9. The van der Waals surface area contributed by atoms with E-state index in [1.807, 2.05) is 12.1 Å². The summed E-state index contributed by atoms with van der Waals surface area (Å²) in [5, 5.41) is 7.86. The normalized spacial score (nSPS) is 21.1. The van der Waals surface area contributed by atoms with Gasteiger partial charge < -0.3 is 20.3 Å². The van der Waals surface area contributed by atoms with Crippen molar-refractivity contribution < 1.29 is 23.1 Å². The SMILES string of the molecule is C=CC(=O)Nc1cc(Nc2cc(N3OCC[C@@H]3c3cc(F)cc(F)c3)ncn2)c(OC)cc1N1CCC(N2CCN(C3CCCC3)CC2)CC1. The summed E-state index contributed by atoms with van der Waals surface area (Å²) in [5.74, 6) is -0.169. The summed E-state index contributed by atoms with van der Waals surface area (Å²) >= 11 is 0. The highest BCUT2D eigenvalue weighted by Gasteiger charge is 2.32. The minimum absolute atomic E-state index is 0.312. The molecule has 4 aliphatic rings. The number of piperazine rings is 1. The number of rotatable bonds is 10. The predicted molar refractivity (Wildman–Crippen MR) is 190 cm³/mol. The topological polar surface area (TPSA) is 98.3 Å². The van der Waals surface area contributed by atoms with Crippen LogP contribution in [-0.4, -0.2) is 90.7 Å². The van der Waals surface area contributed by atoms with E-state index in [0.717, 1.165) is 56.8 Å². The third-order valence-electron chi connectivity index (χ3n) is 10.6. The summed E-state index contributed by atoms with van der Waals surface area (Å²) in [7, 11) is 1.61. The molecule has 0 bridgehead atoms. The maximum absolute atomic E-state index is 14.0. The molecule has 2 aromatic carbocycles. The molecule has 0 spiro atoms. The van der Waals surface area contributed by atoms with Crippen molar-refractivity contribution in [2.75, 3.05) is 73.6 Å². The fraction of sp³-hybridized carbons (Fsp3) is 0.486. The van der Waals surface area contributed by atoms with E-state index in [1.165, 1.54) is 63.3 Å². The third kappa shape index (κ3) is 7.54. The molecule has 11 nitrogen and oxygen atoms in total. The first-order valence-electron chi connectivity index (χ1n) is 17.7. The monoisotopic (exact) mass is 688 g/mol. The first-order valence-corrected chi connectivity index (χ1v) is 17.7. The van der Waals surface area contributed by atoms with E-state index in [0.29, 0.717) is 53.4 Å². The number of amides is 1. The fourth-order valence-electron chi connectivity index (χ4n) is 8.03. The highest BCUT2D eigenvalue weighted by Crippen LogP contribution is 2.41. The van der Waals surface area contributed by atoms with Crippen molar-refractivity contribution in [3.63, 3.8) is 0 Å². The van der Waals surface area contributed by atoms with E-state index in [1.54, 1.807) is 18.2 Å². The minimum atomic E-state index is -0.649. The van der Waals surface area contributed by atoms with E-state index in [9.17, 15) is 13.6 Å². The van der Waals surface area contributed by atoms with E-state index in [4.69, 9.17) is 9.57 Å². The van der Waals surface area contributed by atoms with Crippen LogP contribution in [0.3, 0.4) is 0 Å². The Hall–Kier alpha value is -4.33. The molecule has 4 fully saturated rings. The van der Waals surface area contributed by atoms with Gasteiger partial charge in [-0.2, -0.15) is 0 Å². The largest absolute Gasteiger partial charge is 0.494 e. The molecule has 266 valence electrons. The van der Waals surface area contributed by atoms with Crippen molar-refractivity contribution in [3.8, 4) is 5.75 Å². The molecule has 3 aliphatic heterocycles. The number of carbonyl (C=O) groups is 1. The Labute approximate surface area is 292 Å². The van der Waals surface area contributed by atoms with Gasteiger partial charge in [0.15, 0.2) is 5.82 Å². The molecule has 0 unspecified atom stereocenters. The van der Waals surface area contributed by atoms with E-state index in [-0.39, 0.29) is 5.91 Å². The van der Waals surface area contributed by atoms with Gasteiger partial charge in [0, 0.05) is 76.0 Å². The van der Waals surface area contributed by atoms with E-state index in [2.05, 4.69) is 41.9 Å². The molecule has 1 saturated carbocycles. The molecule has 0 radical (unpaired) electrons. The summed E-state index contributed by atoms with van der Waals surface area (Å²) in [6.07, 6.45) is 10.7. The number of hydrogen-bond donors (Lipinski definition) is 2. The number of piperidine rings is 1. The van der Waals surface area contributed by atoms with Crippen LogP contribution in [0, 0.1) is 11.6 Å². The van der Waals surface area contributed by atoms with Crippen molar-refractivity contribution in [3.05, 3.63) is 72.6 Å². The standard InChI is InChI=1S/C37H46F2N8O3/c1-3-37(48)43-30-21-31(42-35-23-36(41-24-40-35)47-32(10-17-50-47)25-18-26(38)20-27(39)19-25)34(49-2)22-33(30)46-11-8-29(9-12-46)45-15-13-44(14-16-45)28-6-4-5-7-28/h3,18-24,28-29,32H,1,4-17H2,2H3,(H,43,48)(H,40,41,42)/t32-/m1/s1. The fourth-order valence-corrected chi connectivity index (χ4v) is 8.03. The number of halogens is 2. The number of aromatic nitrogens is 2. The van der Waals surface area contributed by atoms with Crippen LogP contribution < -0.4 is 25.3 Å². The van der Waals surface area contributed by atoms with E-state index >= 15 is 0 Å². The summed E-state index contributed by atoms with van der Waals surface area (Å²) in [6, 6.07) is 9.86. The zero-order valence-corrected chi connectivity index (χ0v) is 28.6. The minimum Gasteiger partial charge on any atom is -0.494 e. The van der Waals surface area contributed by atoms with Crippen molar-refractivity contribution in [1.82, 2.24) is 19.8 Å². The van der Waals surface area contributed by atoms with Gasteiger partial charge in [-0.05, 0) is 55.5 Å². The lowest BCUT2D eigenvalue weighted by molar-refractivity contribution is -0.111. The Morgan fingerprint density at radius 1 is 0.880 bits per heavy atom. The number of hydrogen-bond acceptors (Lipinski definition) is 10. The molecular weight excluding hydrogens is 642 g/mol. The number of hydroxylamine groups is 1. The average Bonchev–Trinajstić information content (AvgIpc) is 3.86. The molecule has 13 heteroatoms. The molecule has 3 aromatic rings. The van der Waals surface area contributed by atoms with Gasteiger partial charge in [0.05, 0.1) is 36.8 Å². The maximum atomic E-state index is 14.0. The Kier molecular flexibility index (Phi) is 10.4. The molecule has 4 heterocycles. The molecule has 1 aromatic heterocycles. The zero-order chi connectivity index (χ0) is 34.6. The number of ether oxygens (including phenoxy) is 1. The average molecular weight is 689 g/mol. The van der Waals surface area contributed by atoms with Gasteiger partial charge in [-0.1, -0.05) is 19.4 Å². The molecule has 50 heavy (non-hydrogen) atoms. The third-order valence-corrected chi connectivity index (χ3v) is 10.6. The number of anilines is 5. The van der Waals surface area contributed by atoms with Gasteiger partial charge in [0.1, 0.15) is 29.5 Å². The lowest BCUT2D eigenvalue weighted by Gasteiger charge is -2.44. The number of methoxy groups -OCH3 is 1. The molecular formula is C37H46F2N8O3. The smallest absolute Gasteiger partial charge is 0.247 e. The van der Waals surface area contributed by atoms with Crippen LogP contribution in [0.1, 0.15) is 56.6 Å².